The van der Waals surface area contributed by atoms with Gasteiger partial charge >= 0.3 is 11.9 Å². The van der Waals surface area contributed by atoms with Gasteiger partial charge in [0.05, 0.1) is 6.61 Å². The van der Waals surface area contributed by atoms with Crippen molar-refractivity contribution in [2.24, 2.45) is 0 Å². The van der Waals surface area contributed by atoms with Crippen molar-refractivity contribution in [3.05, 3.63) is 48.6 Å². The first-order valence-electron chi connectivity index (χ1n) is 25.2. The zero-order chi connectivity index (χ0) is 42.1. The number of esters is 2. The van der Waals surface area contributed by atoms with Crippen molar-refractivity contribution in [2.75, 3.05) is 19.8 Å². The molecule has 0 aromatic carbocycles. The Labute approximate surface area is 361 Å². The molecular formula is C53H96O5. The molecule has 1 atom stereocenters. The lowest BCUT2D eigenvalue weighted by Gasteiger charge is -2.18. The Kier molecular flexibility index (Phi) is 47.4. The van der Waals surface area contributed by atoms with Gasteiger partial charge in [-0.05, 0) is 70.6 Å². The minimum atomic E-state index is -0.542. The molecule has 58 heavy (non-hydrogen) atoms. The van der Waals surface area contributed by atoms with Crippen LogP contribution in [0.1, 0.15) is 252 Å². The maximum absolute atomic E-state index is 12.8. The van der Waals surface area contributed by atoms with Crippen LogP contribution in [0.25, 0.3) is 0 Å². The molecule has 0 bridgehead atoms. The van der Waals surface area contributed by atoms with Crippen molar-refractivity contribution in [2.45, 2.75) is 258 Å². The molecule has 0 saturated heterocycles. The smallest absolute Gasteiger partial charge is 0.306 e. The molecule has 0 aliphatic heterocycles. The van der Waals surface area contributed by atoms with E-state index in [0.717, 1.165) is 70.6 Å². The molecular weight excluding hydrogens is 717 g/mol. The second-order valence-corrected chi connectivity index (χ2v) is 16.7. The molecule has 0 radical (unpaired) electrons. The van der Waals surface area contributed by atoms with Gasteiger partial charge in [-0.15, -0.1) is 0 Å². The molecule has 5 heteroatoms. The van der Waals surface area contributed by atoms with Gasteiger partial charge < -0.3 is 14.2 Å². The molecule has 0 spiro atoms. The Morgan fingerprint density at radius 1 is 0.397 bits per heavy atom. The summed E-state index contributed by atoms with van der Waals surface area (Å²) in [6.07, 6.45) is 59.7. The fraction of sp³-hybridized carbons (Fsp3) is 0.811. The third-order valence-corrected chi connectivity index (χ3v) is 10.8. The Balaban J connectivity index is 4.26. The highest BCUT2D eigenvalue weighted by Gasteiger charge is 2.17. The Bertz CT molecular complexity index is 966. The Morgan fingerprint density at radius 2 is 0.793 bits per heavy atom. The molecule has 0 aromatic heterocycles. The van der Waals surface area contributed by atoms with Gasteiger partial charge in [0, 0.05) is 19.4 Å². The zero-order valence-electron chi connectivity index (χ0n) is 38.8. The van der Waals surface area contributed by atoms with Gasteiger partial charge in [0.25, 0.3) is 0 Å². The number of unbranched alkanes of at least 4 members (excludes halogenated alkanes) is 27. The minimum Gasteiger partial charge on any atom is -0.462 e. The summed E-state index contributed by atoms with van der Waals surface area (Å²) in [5, 5.41) is 0. The van der Waals surface area contributed by atoms with Gasteiger partial charge in [-0.3, -0.25) is 9.59 Å². The van der Waals surface area contributed by atoms with Gasteiger partial charge in [0.1, 0.15) is 6.61 Å². The first-order chi connectivity index (χ1) is 28.6. The van der Waals surface area contributed by atoms with Crippen LogP contribution in [0.2, 0.25) is 0 Å². The number of carbonyl (C=O) groups excluding carboxylic acids is 2. The maximum atomic E-state index is 12.8. The summed E-state index contributed by atoms with van der Waals surface area (Å²) in [5.41, 5.74) is 0. The predicted molar refractivity (Wildman–Crippen MR) is 251 cm³/mol. The lowest BCUT2D eigenvalue weighted by Crippen LogP contribution is -2.30. The first kappa shape index (κ1) is 55.9. The van der Waals surface area contributed by atoms with Crippen molar-refractivity contribution in [3.8, 4) is 0 Å². The summed E-state index contributed by atoms with van der Waals surface area (Å²) in [6, 6.07) is 0. The quantitative estimate of drug-likeness (QED) is 0.0348. The van der Waals surface area contributed by atoms with Crippen LogP contribution >= 0.6 is 0 Å². The topological polar surface area (TPSA) is 61.8 Å². The number of hydrogen-bond acceptors (Lipinski definition) is 5. The maximum Gasteiger partial charge on any atom is 0.306 e. The van der Waals surface area contributed by atoms with E-state index in [-0.39, 0.29) is 25.2 Å². The van der Waals surface area contributed by atoms with Crippen LogP contribution in [0.3, 0.4) is 0 Å². The molecule has 0 N–H and O–H groups in total. The van der Waals surface area contributed by atoms with E-state index in [1.54, 1.807) is 0 Å². The number of allylic oxidation sites excluding steroid dienone is 8. The van der Waals surface area contributed by atoms with E-state index >= 15 is 0 Å². The van der Waals surface area contributed by atoms with E-state index in [1.807, 2.05) is 0 Å². The summed E-state index contributed by atoms with van der Waals surface area (Å²) in [5.74, 6) is -0.410. The summed E-state index contributed by atoms with van der Waals surface area (Å²) >= 11 is 0. The van der Waals surface area contributed by atoms with Crippen molar-refractivity contribution >= 4 is 11.9 Å². The molecule has 0 rings (SSSR count). The number of carbonyl (C=O) groups is 2. The zero-order valence-corrected chi connectivity index (χ0v) is 38.8. The molecule has 0 fully saturated rings. The normalized spacial score (nSPS) is 12.5. The van der Waals surface area contributed by atoms with E-state index in [9.17, 15) is 9.59 Å². The summed E-state index contributed by atoms with van der Waals surface area (Å²) in [4.78, 5) is 25.3. The molecule has 0 heterocycles. The fourth-order valence-electron chi connectivity index (χ4n) is 7.09. The highest BCUT2D eigenvalue weighted by atomic mass is 16.6. The molecule has 0 aliphatic rings. The first-order valence-corrected chi connectivity index (χ1v) is 25.2. The Hall–Kier alpha value is -2.14. The fourth-order valence-corrected chi connectivity index (χ4v) is 7.09. The van der Waals surface area contributed by atoms with Crippen LogP contribution in [0.15, 0.2) is 48.6 Å². The van der Waals surface area contributed by atoms with Crippen LogP contribution < -0.4 is 0 Å². The lowest BCUT2D eigenvalue weighted by atomic mass is 10.0. The van der Waals surface area contributed by atoms with Crippen molar-refractivity contribution in [1.29, 1.82) is 0 Å². The highest BCUT2D eigenvalue weighted by molar-refractivity contribution is 5.70. The standard InChI is InChI=1S/C53H96O5/c1-4-7-10-13-16-19-22-25-27-29-31-34-37-40-43-46-52(54)57-50-51(49-56-48-45-42-39-36-33-24-21-18-15-12-9-6-3)58-53(55)47-44-41-38-35-32-30-28-26-23-20-17-14-11-8-5-2/h7,10,15-16,18-19,25,27,51H,4-6,8-9,11-14,17,20-24,26,28-50H2,1-3H3/b10-7-,18-15-,19-16-,27-25-. The van der Waals surface area contributed by atoms with Gasteiger partial charge in [-0.25, -0.2) is 0 Å². The van der Waals surface area contributed by atoms with Crippen LogP contribution in [0.4, 0.5) is 0 Å². The van der Waals surface area contributed by atoms with Crippen LogP contribution in [0.5, 0.6) is 0 Å². The molecule has 0 amide bonds. The third-order valence-electron chi connectivity index (χ3n) is 10.8. The van der Waals surface area contributed by atoms with Gasteiger partial charge in [-0.1, -0.05) is 217 Å². The second kappa shape index (κ2) is 49.2. The third kappa shape index (κ3) is 46.5. The van der Waals surface area contributed by atoms with E-state index in [2.05, 4.69) is 69.4 Å². The van der Waals surface area contributed by atoms with E-state index in [1.165, 1.54) is 148 Å². The summed E-state index contributed by atoms with van der Waals surface area (Å²) in [7, 11) is 0. The monoisotopic (exact) mass is 813 g/mol. The molecule has 338 valence electrons. The van der Waals surface area contributed by atoms with Crippen LogP contribution in [-0.2, 0) is 23.8 Å². The van der Waals surface area contributed by atoms with E-state index in [0.29, 0.717) is 19.4 Å². The molecule has 0 aromatic rings. The van der Waals surface area contributed by atoms with Gasteiger partial charge in [0.15, 0.2) is 6.10 Å². The van der Waals surface area contributed by atoms with Gasteiger partial charge in [-0.2, -0.15) is 0 Å². The SMILES string of the molecule is CC/C=C\C/C=C\C/C=C\CCCCCCCC(=O)OCC(COCCCCCCCC/C=C\CCCC)OC(=O)CCCCCCCCCCCCCCCCC. The van der Waals surface area contributed by atoms with Crippen molar-refractivity contribution < 1.29 is 23.8 Å². The average molecular weight is 813 g/mol. The summed E-state index contributed by atoms with van der Waals surface area (Å²) < 4.78 is 17.4. The van der Waals surface area contributed by atoms with Crippen LogP contribution in [0, 0.1) is 0 Å². The predicted octanol–water partition coefficient (Wildman–Crippen LogP) is 16.8. The van der Waals surface area contributed by atoms with Gasteiger partial charge in [0.2, 0.25) is 0 Å². The van der Waals surface area contributed by atoms with E-state index in [4.69, 9.17) is 14.2 Å². The molecule has 0 saturated carbocycles. The van der Waals surface area contributed by atoms with Crippen LogP contribution in [-0.4, -0.2) is 37.9 Å². The molecule has 0 aliphatic carbocycles. The van der Waals surface area contributed by atoms with Crippen molar-refractivity contribution in [3.63, 3.8) is 0 Å². The number of ether oxygens (including phenoxy) is 3. The number of hydrogen-bond donors (Lipinski definition) is 0. The second-order valence-electron chi connectivity index (χ2n) is 16.7. The molecule has 5 nitrogen and oxygen atoms in total. The Morgan fingerprint density at radius 3 is 1.31 bits per heavy atom. The minimum absolute atomic E-state index is 0.0767. The highest BCUT2D eigenvalue weighted by Crippen LogP contribution is 2.15. The van der Waals surface area contributed by atoms with Crippen molar-refractivity contribution in [1.82, 2.24) is 0 Å². The largest absolute Gasteiger partial charge is 0.462 e. The molecule has 1 unspecified atom stereocenters. The average Bonchev–Trinajstić information content (AvgIpc) is 3.22. The van der Waals surface area contributed by atoms with E-state index < -0.39 is 6.10 Å². The summed E-state index contributed by atoms with van der Waals surface area (Å²) in [6.45, 7) is 7.68. The lowest BCUT2D eigenvalue weighted by molar-refractivity contribution is -0.163. The number of rotatable bonds is 46.